The Kier molecular flexibility index (Phi) is 5.20. The molecule has 0 aliphatic carbocycles. The summed E-state index contributed by atoms with van der Waals surface area (Å²) in [6.07, 6.45) is 4.23. The fourth-order valence-electron chi connectivity index (χ4n) is 1.89. The molecule has 1 aromatic heterocycles. The van der Waals surface area contributed by atoms with Crippen LogP contribution >= 0.6 is 0 Å². The molecule has 0 bridgehead atoms. The van der Waals surface area contributed by atoms with Crippen LogP contribution in [0, 0.1) is 0 Å². The van der Waals surface area contributed by atoms with E-state index < -0.39 is 0 Å². The van der Waals surface area contributed by atoms with E-state index in [1.807, 2.05) is 19.1 Å². The molecule has 0 radical (unpaired) electrons. The minimum atomic E-state index is -0.105. The summed E-state index contributed by atoms with van der Waals surface area (Å²) >= 11 is 0. The topological polar surface area (TPSA) is 82.2 Å². The van der Waals surface area contributed by atoms with Crippen LogP contribution < -0.4 is 21.3 Å². The van der Waals surface area contributed by atoms with Gasteiger partial charge in [0.15, 0.2) is 5.82 Å². The summed E-state index contributed by atoms with van der Waals surface area (Å²) in [6, 6.07) is 7.19. The molecule has 0 spiro atoms. The number of nitrogens with two attached hydrogens (primary N) is 1. The first-order valence-electron chi connectivity index (χ1n) is 6.98. The van der Waals surface area contributed by atoms with Crippen LogP contribution in [0.5, 0.6) is 5.75 Å². The van der Waals surface area contributed by atoms with Crippen LogP contribution in [-0.4, -0.2) is 22.7 Å². The molecule has 6 nitrogen and oxygen atoms in total. The predicted molar refractivity (Wildman–Crippen MR) is 83.6 cm³/mol. The minimum Gasteiger partial charge on any atom is -0.492 e. The van der Waals surface area contributed by atoms with Gasteiger partial charge in [-0.2, -0.15) is 0 Å². The standard InChI is InChI=1S/C15H20N4O2/c1-2-9-19-10-7-17-14(15(19)20)18-8-11-21-13-5-3-12(16)4-6-13/h3-7,10H,2,8-9,11,16H2,1H3,(H,17,18). The Bertz CT molecular complexity index is 622. The van der Waals surface area contributed by atoms with Crippen LogP contribution in [0.4, 0.5) is 11.5 Å². The van der Waals surface area contributed by atoms with Gasteiger partial charge >= 0.3 is 0 Å². The zero-order valence-corrected chi connectivity index (χ0v) is 12.1. The molecule has 0 unspecified atom stereocenters. The number of hydrogen-bond donors (Lipinski definition) is 2. The van der Waals surface area contributed by atoms with Crippen molar-refractivity contribution in [3.05, 3.63) is 47.0 Å². The molecule has 0 saturated carbocycles. The summed E-state index contributed by atoms with van der Waals surface area (Å²) in [5.41, 5.74) is 6.19. The lowest BCUT2D eigenvalue weighted by Crippen LogP contribution is -2.25. The Morgan fingerprint density at radius 1 is 1.33 bits per heavy atom. The fraction of sp³-hybridized carbons (Fsp3) is 0.333. The lowest BCUT2D eigenvalue weighted by atomic mass is 10.3. The molecule has 1 heterocycles. The normalized spacial score (nSPS) is 10.3. The van der Waals surface area contributed by atoms with E-state index in [-0.39, 0.29) is 5.56 Å². The highest BCUT2D eigenvalue weighted by molar-refractivity contribution is 5.41. The molecule has 0 atom stereocenters. The highest BCUT2D eigenvalue weighted by Crippen LogP contribution is 2.12. The van der Waals surface area contributed by atoms with E-state index in [4.69, 9.17) is 10.5 Å². The SMILES string of the molecule is CCCn1ccnc(NCCOc2ccc(N)cc2)c1=O. The van der Waals surface area contributed by atoms with Crippen molar-refractivity contribution in [3.63, 3.8) is 0 Å². The number of rotatable bonds is 7. The van der Waals surface area contributed by atoms with Crippen LogP contribution in [0.25, 0.3) is 0 Å². The lowest BCUT2D eigenvalue weighted by molar-refractivity contribution is 0.332. The Morgan fingerprint density at radius 2 is 2.10 bits per heavy atom. The molecular weight excluding hydrogens is 268 g/mol. The van der Waals surface area contributed by atoms with Gasteiger partial charge in [-0.25, -0.2) is 4.98 Å². The summed E-state index contributed by atoms with van der Waals surface area (Å²) in [4.78, 5) is 16.1. The molecule has 0 aliphatic heterocycles. The van der Waals surface area contributed by atoms with Crippen LogP contribution in [-0.2, 0) is 6.54 Å². The van der Waals surface area contributed by atoms with Crippen molar-refractivity contribution in [1.82, 2.24) is 9.55 Å². The van der Waals surface area contributed by atoms with Crippen molar-refractivity contribution in [2.45, 2.75) is 19.9 Å². The number of nitrogen functional groups attached to an aromatic ring is 1. The van der Waals surface area contributed by atoms with Crippen molar-refractivity contribution in [2.75, 3.05) is 24.2 Å². The second-order valence-corrected chi connectivity index (χ2v) is 4.62. The zero-order valence-electron chi connectivity index (χ0n) is 12.1. The third kappa shape index (κ3) is 4.24. The summed E-state index contributed by atoms with van der Waals surface area (Å²) in [6.45, 7) is 3.66. The zero-order chi connectivity index (χ0) is 15.1. The number of ether oxygens (including phenoxy) is 1. The van der Waals surface area contributed by atoms with E-state index in [9.17, 15) is 4.79 Å². The third-order valence-corrected chi connectivity index (χ3v) is 2.92. The van der Waals surface area contributed by atoms with E-state index in [1.54, 1.807) is 29.1 Å². The summed E-state index contributed by atoms with van der Waals surface area (Å²) in [5.74, 6) is 1.10. The molecule has 3 N–H and O–H groups in total. The number of nitrogens with one attached hydrogen (secondary N) is 1. The van der Waals surface area contributed by atoms with Gasteiger partial charge in [0.1, 0.15) is 12.4 Å². The molecule has 1 aromatic carbocycles. The van der Waals surface area contributed by atoms with Gasteiger partial charge < -0.3 is 20.4 Å². The quantitative estimate of drug-likeness (QED) is 0.599. The van der Waals surface area contributed by atoms with Crippen LogP contribution in [0.15, 0.2) is 41.5 Å². The Hall–Kier alpha value is -2.50. The van der Waals surface area contributed by atoms with Crippen LogP contribution in [0.3, 0.4) is 0 Å². The van der Waals surface area contributed by atoms with Gasteiger partial charge in [0.2, 0.25) is 0 Å². The first-order chi connectivity index (χ1) is 10.2. The minimum absolute atomic E-state index is 0.105. The second-order valence-electron chi connectivity index (χ2n) is 4.62. The molecule has 0 amide bonds. The third-order valence-electron chi connectivity index (χ3n) is 2.92. The van der Waals surface area contributed by atoms with Crippen molar-refractivity contribution in [2.24, 2.45) is 0 Å². The van der Waals surface area contributed by atoms with Crippen molar-refractivity contribution >= 4 is 11.5 Å². The maximum Gasteiger partial charge on any atom is 0.293 e. The van der Waals surface area contributed by atoms with Crippen molar-refractivity contribution < 1.29 is 4.74 Å². The van der Waals surface area contributed by atoms with Crippen LogP contribution in [0.1, 0.15) is 13.3 Å². The second kappa shape index (κ2) is 7.33. The Balaban J connectivity index is 1.85. The lowest BCUT2D eigenvalue weighted by Gasteiger charge is -2.09. The number of aryl methyl sites for hydroxylation is 1. The molecule has 0 saturated heterocycles. The molecule has 2 rings (SSSR count). The van der Waals surface area contributed by atoms with E-state index in [0.717, 1.165) is 12.2 Å². The van der Waals surface area contributed by atoms with Gasteiger partial charge in [0, 0.05) is 24.6 Å². The van der Waals surface area contributed by atoms with Gasteiger partial charge in [0.05, 0.1) is 6.54 Å². The molecular formula is C15H20N4O2. The molecule has 21 heavy (non-hydrogen) atoms. The highest BCUT2D eigenvalue weighted by Gasteiger charge is 2.03. The van der Waals surface area contributed by atoms with E-state index >= 15 is 0 Å². The number of hydrogen-bond acceptors (Lipinski definition) is 5. The Morgan fingerprint density at radius 3 is 2.81 bits per heavy atom. The van der Waals surface area contributed by atoms with Gasteiger partial charge in [-0.3, -0.25) is 4.79 Å². The van der Waals surface area contributed by atoms with Crippen molar-refractivity contribution in [3.8, 4) is 5.75 Å². The smallest absolute Gasteiger partial charge is 0.293 e. The number of aromatic nitrogens is 2. The van der Waals surface area contributed by atoms with E-state index in [1.165, 1.54) is 0 Å². The maximum atomic E-state index is 12.0. The number of benzene rings is 1. The predicted octanol–water partition coefficient (Wildman–Crippen LogP) is 1.73. The number of anilines is 2. The average molecular weight is 288 g/mol. The van der Waals surface area contributed by atoms with Crippen LogP contribution in [0.2, 0.25) is 0 Å². The monoisotopic (exact) mass is 288 g/mol. The van der Waals surface area contributed by atoms with E-state index in [0.29, 0.717) is 31.2 Å². The summed E-state index contributed by atoms with van der Waals surface area (Å²) in [7, 11) is 0. The largest absolute Gasteiger partial charge is 0.492 e. The first-order valence-corrected chi connectivity index (χ1v) is 6.98. The van der Waals surface area contributed by atoms with Crippen molar-refractivity contribution in [1.29, 1.82) is 0 Å². The highest BCUT2D eigenvalue weighted by atomic mass is 16.5. The molecule has 2 aromatic rings. The Labute approximate surface area is 123 Å². The molecule has 0 aliphatic rings. The molecule has 0 fully saturated rings. The van der Waals surface area contributed by atoms with E-state index in [2.05, 4.69) is 10.3 Å². The van der Waals surface area contributed by atoms with Gasteiger partial charge in [0.25, 0.3) is 5.56 Å². The van der Waals surface area contributed by atoms with Gasteiger partial charge in [-0.05, 0) is 30.7 Å². The molecule has 112 valence electrons. The maximum absolute atomic E-state index is 12.0. The molecule has 6 heteroatoms. The average Bonchev–Trinajstić information content (AvgIpc) is 2.49. The fourth-order valence-corrected chi connectivity index (χ4v) is 1.89. The number of nitrogens with zero attached hydrogens (tertiary/aromatic N) is 2. The summed E-state index contributed by atoms with van der Waals surface area (Å²) < 4.78 is 7.19. The van der Waals surface area contributed by atoms with Gasteiger partial charge in [-0.1, -0.05) is 6.92 Å². The summed E-state index contributed by atoms with van der Waals surface area (Å²) in [5, 5.41) is 3.00. The first kappa shape index (κ1) is 14.9. The van der Waals surface area contributed by atoms with Gasteiger partial charge in [-0.15, -0.1) is 0 Å².